The van der Waals surface area contributed by atoms with Gasteiger partial charge in [-0.15, -0.1) is 0 Å². The van der Waals surface area contributed by atoms with Crippen LogP contribution in [0.25, 0.3) is 0 Å². The van der Waals surface area contributed by atoms with Crippen LogP contribution in [-0.4, -0.2) is 41.6 Å². The molecule has 0 atom stereocenters. The maximum atomic E-state index is 12.7. The van der Waals surface area contributed by atoms with Gasteiger partial charge >= 0.3 is 0 Å². The van der Waals surface area contributed by atoms with E-state index in [2.05, 4.69) is 5.32 Å². The summed E-state index contributed by atoms with van der Waals surface area (Å²) >= 11 is 1.72. The van der Waals surface area contributed by atoms with E-state index in [4.69, 9.17) is 0 Å². The fourth-order valence-corrected chi connectivity index (χ4v) is 2.88. The molecule has 1 fully saturated rings. The number of carbonyl (C=O) groups excluding carboxylic acids is 2. The zero-order valence-electron chi connectivity index (χ0n) is 12.1. The summed E-state index contributed by atoms with van der Waals surface area (Å²) in [6.07, 6.45) is 2.03. The summed E-state index contributed by atoms with van der Waals surface area (Å²) in [6.45, 7) is 4.62. The molecule has 4 nitrogen and oxygen atoms in total. The average Bonchev–Trinajstić information content (AvgIpc) is 2.42. The Kier molecular flexibility index (Phi) is 4.38. The van der Waals surface area contributed by atoms with Gasteiger partial charge in [0, 0.05) is 24.4 Å². The van der Waals surface area contributed by atoms with Gasteiger partial charge in [-0.1, -0.05) is 12.1 Å². The lowest BCUT2D eigenvalue weighted by atomic mass is 9.97. The molecule has 0 radical (unpaired) electrons. The number of amides is 2. The molecular formula is C15H20N2O2S. The van der Waals surface area contributed by atoms with E-state index in [1.54, 1.807) is 30.5 Å². The number of thioether (sulfide) groups is 1. The molecule has 1 aromatic rings. The van der Waals surface area contributed by atoms with E-state index in [0.717, 1.165) is 11.3 Å². The first kappa shape index (κ1) is 14.9. The van der Waals surface area contributed by atoms with Crippen LogP contribution in [0.2, 0.25) is 0 Å². The fourth-order valence-electron chi connectivity index (χ4n) is 2.37. The average molecular weight is 292 g/mol. The lowest BCUT2D eigenvalue weighted by Gasteiger charge is -2.41. The van der Waals surface area contributed by atoms with Crippen molar-refractivity contribution in [3.8, 4) is 0 Å². The predicted molar refractivity (Wildman–Crippen MR) is 81.8 cm³/mol. The second kappa shape index (κ2) is 5.87. The van der Waals surface area contributed by atoms with Crippen molar-refractivity contribution in [3.63, 3.8) is 0 Å². The van der Waals surface area contributed by atoms with E-state index in [0.29, 0.717) is 18.7 Å². The number of hydrogen-bond acceptors (Lipinski definition) is 3. The molecule has 108 valence electrons. The molecule has 1 aromatic carbocycles. The number of nitrogens with zero attached hydrogens (tertiary/aromatic N) is 1. The second-order valence-corrected chi connectivity index (χ2v) is 6.27. The van der Waals surface area contributed by atoms with Gasteiger partial charge in [-0.25, -0.2) is 0 Å². The van der Waals surface area contributed by atoms with Crippen LogP contribution in [0.1, 0.15) is 29.8 Å². The van der Waals surface area contributed by atoms with Gasteiger partial charge in [0.2, 0.25) is 5.91 Å². The van der Waals surface area contributed by atoms with E-state index in [9.17, 15) is 9.59 Å². The Morgan fingerprint density at radius 2 is 2.20 bits per heavy atom. The molecule has 2 amide bonds. The van der Waals surface area contributed by atoms with Crippen LogP contribution >= 0.6 is 11.8 Å². The summed E-state index contributed by atoms with van der Waals surface area (Å²) in [5, 5.41) is 2.80. The van der Waals surface area contributed by atoms with Gasteiger partial charge < -0.3 is 10.2 Å². The number of nitrogens with one attached hydrogen (secondary N) is 1. The van der Waals surface area contributed by atoms with Crippen LogP contribution in [0, 0.1) is 0 Å². The Labute approximate surface area is 123 Å². The zero-order valence-corrected chi connectivity index (χ0v) is 12.9. The number of hydrogen-bond donors (Lipinski definition) is 1. The number of rotatable bonds is 3. The first-order valence-corrected chi connectivity index (χ1v) is 8.04. The highest BCUT2D eigenvalue weighted by atomic mass is 32.2. The summed E-state index contributed by atoms with van der Waals surface area (Å²) in [4.78, 5) is 26.2. The van der Waals surface area contributed by atoms with Crippen LogP contribution in [0.15, 0.2) is 24.3 Å². The highest BCUT2D eigenvalue weighted by molar-refractivity contribution is 7.97. The van der Waals surface area contributed by atoms with Crippen molar-refractivity contribution in [3.05, 3.63) is 35.4 Å². The molecule has 5 heteroatoms. The molecule has 1 saturated heterocycles. The largest absolute Gasteiger partial charge is 0.352 e. The third kappa shape index (κ3) is 2.82. The fraction of sp³-hybridized carbons (Fsp3) is 0.467. The van der Waals surface area contributed by atoms with Crippen molar-refractivity contribution in [2.45, 2.75) is 25.1 Å². The molecule has 0 bridgehead atoms. The zero-order chi connectivity index (χ0) is 14.8. The number of benzene rings is 1. The summed E-state index contributed by atoms with van der Waals surface area (Å²) in [5.74, 6) is 0.704. The summed E-state index contributed by atoms with van der Waals surface area (Å²) in [5.41, 5.74) is 0.979. The van der Waals surface area contributed by atoms with Gasteiger partial charge in [-0.3, -0.25) is 9.59 Å². The minimum absolute atomic E-state index is 0.0761. The van der Waals surface area contributed by atoms with E-state index in [1.807, 2.05) is 30.5 Å². The predicted octanol–water partition coefficient (Wildman–Crippen LogP) is 1.90. The SMILES string of the molecule is CSCc1cccc(C(=O)N2CCNC(=O)C2(C)C)c1. The Balaban J connectivity index is 2.26. The van der Waals surface area contributed by atoms with E-state index >= 15 is 0 Å². The van der Waals surface area contributed by atoms with Crippen molar-refractivity contribution in [2.24, 2.45) is 0 Å². The highest BCUT2D eigenvalue weighted by Gasteiger charge is 2.40. The number of piperazine rings is 1. The van der Waals surface area contributed by atoms with E-state index in [-0.39, 0.29) is 11.8 Å². The lowest BCUT2D eigenvalue weighted by Crippen LogP contribution is -2.63. The van der Waals surface area contributed by atoms with Crippen LogP contribution in [0.5, 0.6) is 0 Å². The van der Waals surface area contributed by atoms with Gasteiger partial charge in [0.05, 0.1) is 0 Å². The highest BCUT2D eigenvalue weighted by Crippen LogP contribution is 2.21. The minimum Gasteiger partial charge on any atom is -0.352 e. The van der Waals surface area contributed by atoms with Gasteiger partial charge in [-0.2, -0.15) is 11.8 Å². The smallest absolute Gasteiger partial charge is 0.254 e. The van der Waals surface area contributed by atoms with Crippen molar-refractivity contribution in [1.82, 2.24) is 10.2 Å². The van der Waals surface area contributed by atoms with E-state index in [1.165, 1.54) is 0 Å². The Hall–Kier alpha value is -1.49. The molecule has 1 aliphatic rings. The van der Waals surface area contributed by atoms with E-state index < -0.39 is 5.54 Å². The molecule has 1 heterocycles. The molecule has 0 saturated carbocycles. The molecule has 0 unspecified atom stereocenters. The topological polar surface area (TPSA) is 49.4 Å². The first-order chi connectivity index (χ1) is 9.46. The van der Waals surface area contributed by atoms with Crippen LogP contribution in [0.4, 0.5) is 0 Å². The van der Waals surface area contributed by atoms with Crippen molar-refractivity contribution in [1.29, 1.82) is 0 Å². The molecule has 2 rings (SSSR count). The quantitative estimate of drug-likeness (QED) is 0.925. The van der Waals surface area contributed by atoms with Crippen LogP contribution < -0.4 is 5.32 Å². The molecule has 20 heavy (non-hydrogen) atoms. The summed E-state index contributed by atoms with van der Waals surface area (Å²) in [6, 6.07) is 7.65. The standard InChI is InChI=1S/C15H20N2O2S/c1-15(2)14(19)16-7-8-17(15)13(18)12-6-4-5-11(9-12)10-20-3/h4-6,9H,7-8,10H2,1-3H3,(H,16,19). The molecule has 0 spiro atoms. The van der Waals surface area contributed by atoms with Crippen LogP contribution in [0.3, 0.4) is 0 Å². The maximum absolute atomic E-state index is 12.7. The molecular weight excluding hydrogens is 272 g/mol. The normalized spacial score (nSPS) is 17.8. The minimum atomic E-state index is -0.801. The van der Waals surface area contributed by atoms with Gasteiger partial charge in [-0.05, 0) is 37.8 Å². The van der Waals surface area contributed by atoms with Crippen molar-refractivity contribution >= 4 is 23.6 Å². The third-order valence-electron chi connectivity index (χ3n) is 3.58. The van der Waals surface area contributed by atoms with Gasteiger partial charge in [0.25, 0.3) is 5.91 Å². The molecule has 0 aliphatic carbocycles. The Morgan fingerprint density at radius 1 is 1.45 bits per heavy atom. The maximum Gasteiger partial charge on any atom is 0.254 e. The Morgan fingerprint density at radius 3 is 2.90 bits per heavy atom. The molecule has 1 aliphatic heterocycles. The summed E-state index contributed by atoms with van der Waals surface area (Å²) < 4.78 is 0. The lowest BCUT2D eigenvalue weighted by molar-refractivity contribution is -0.133. The summed E-state index contributed by atoms with van der Waals surface area (Å²) in [7, 11) is 0. The van der Waals surface area contributed by atoms with Crippen molar-refractivity contribution < 1.29 is 9.59 Å². The second-order valence-electron chi connectivity index (χ2n) is 5.41. The third-order valence-corrected chi connectivity index (χ3v) is 4.20. The number of carbonyl (C=O) groups is 2. The first-order valence-electron chi connectivity index (χ1n) is 6.65. The van der Waals surface area contributed by atoms with Crippen molar-refractivity contribution in [2.75, 3.05) is 19.3 Å². The van der Waals surface area contributed by atoms with Gasteiger partial charge in [0.1, 0.15) is 5.54 Å². The molecule has 0 aromatic heterocycles. The Bertz CT molecular complexity index is 528. The van der Waals surface area contributed by atoms with Gasteiger partial charge in [0.15, 0.2) is 0 Å². The molecule has 1 N–H and O–H groups in total. The van der Waals surface area contributed by atoms with Crippen LogP contribution in [-0.2, 0) is 10.5 Å². The monoisotopic (exact) mass is 292 g/mol.